The van der Waals surface area contributed by atoms with Crippen molar-refractivity contribution in [3.05, 3.63) is 65.7 Å². The van der Waals surface area contributed by atoms with Crippen LogP contribution in [0, 0.1) is 0 Å². The largest absolute Gasteiger partial charge is 0.497 e. The smallest absolute Gasteiger partial charge is 0.276 e. The fraction of sp³-hybridized carbons (Fsp3) is 0.222. The minimum absolute atomic E-state index is 0.276. The normalized spacial score (nSPS) is 20.3. The predicted molar refractivity (Wildman–Crippen MR) is 87.2 cm³/mol. The summed E-state index contributed by atoms with van der Waals surface area (Å²) in [4.78, 5) is 12.7. The lowest BCUT2D eigenvalue weighted by Crippen LogP contribution is -2.43. The van der Waals surface area contributed by atoms with Crippen molar-refractivity contribution in [2.45, 2.75) is 19.1 Å². The minimum atomic E-state index is -1.48. The summed E-state index contributed by atoms with van der Waals surface area (Å²) >= 11 is 0. The Morgan fingerprint density at radius 3 is 2.43 bits per heavy atom. The van der Waals surface area contributed by atoms with Gasteiger partial charge in [-0.1, -0.05) is 30.3 Å². The number of carbonyl (C=O) groups is 1. The summed E-state index contributed by atoms with van der Waals surface area (Å²) in [5, 5.41) is 16.6. The lowest BCUT2D eigenvalue weighted by atomic mass is 9.97. The third kappa shape index (κ3) is 2.71. The summed E-state index contributed by atoms with van der Waals surface area (Å²) < 4.78 is 5.14. The standard InChI is InChI=1S/C18H18N2O3/c1-13-12-18(22,15-8-10-16(23-2)11-9-15)20(19-13)17(21)14-6-4-3-5-7-14/h3-11,22H,12H2,1-2H3. The monoisotopic (exact) mass is 310 g/mol. The van der Waals surface area contributed by atoms with Gasteiger partial charge in [0.2, 0.25) is 0 Å². The third-order valence-corrected chi connectivity index (χ3v) is 3.89. The number of hydrogen-bond donors (Lipinski definition) is 1. The summed E-state index contributed by atoms with van der Waals surface area (Å²) in [5.41, 5.74) is 0.303. The number of hydrazone groups is 1. The fourth-order valence-corrected chi connectivity index (χ4v) is 2.72. The lowest BCUT2D eigenvalue weighted by molar-refractivity contribution is -0.0765. The molecule has 5 heteroatoms. The molecule has 3 rings (SSSR count). The van der Waals surface area contributed by atoms with E-state index in [0.29, 0.717) is 22.6 Å². The topological polar surface area (TPSA) is 62.1 Å². The number of hydrogen-bond acceptors (Lipinski definition) is 4. The first-order valence-electron chi connectivity index (χ1n) is 7.35. The van der Waals surface area contributed by atoms with Crippen LogP contribution in [0.15, 0.2) is 59.7 Å². The first-order chi connectivity index (χ1) is 11.0. The molecule has 2 aromatic carbocycles. The number of amides is 1. The number of methoxy groups -OCH3 is 1. The average molecular weight is 310 g/mol. The zero-order valence-corrected chi connectivity index (χ0v) is 13.1. The quantitative estimate of drug-likeness (QED) is 0.948. The van der Waals surface area contributed by atoms with Crippen molar-refractivity contribution in [3.8, 4) is 5.75 Å². The maximum absolute atomic E-state index is 12.7. The van der Waals surface area contributed by atoms with Crippen LogP contribution in [0.3, 0.4) is 0 Å². The molecule has 1 amide bonds. The van der Waals surface area contributed by atoms with Gasteiger partial charge in [0.1, 0.15) is 5.75 Å². The highest BCUT2D eigenvalue weighted by Crippen LogP contribution is 2.36. The molecule has 0 radical (unpaired) electrons. The molecule has 118 valence electrons. The van der Waals surface area contributed by atoms with E-state index < -0.39 is 5.72 Å². The Labute approximate surface area is 134 Å². The Morgan fingerprint density at radius 1 is 1.17 bits per heavy atom. The van der Waals surface area contributed by atoms with Gasteiger partial charge in [-0.2, -0.15) is 10.1 Å². The zero-order chi connectivity index (χ0) is 16.4. The molecule has 2 aromatic rings. The van der Waals surface area contributed by atoms with E-state index in [1.54, 1.807) is 62.6 Å². The number of aliphatic hydroxyl groups is 1. The molecule has 23 heavy (non-hydrogen) atoms. The molecule has 1 aliphatic rings. The van der Waals surface area contributed by atoms with E-state index in [0.717, 1.165) is 0 Å². The van der Waals surface area contributed by atoms with Gasteiger partial charge in [0.05, 0.1) is 7.11 Å². The van der Waals surface area contributed by atoms with Gasteiger partial charge in [-0.25, -0.2) is 0 Å². The van der Waals surface area contributed by atoms with Crippen molar-refractivity contribution in [1.29, 1.82) is 0 Å². The van der Waals surface area contributed by atoms with Crippen molar-refractivity contribution in [2.75, 3.05) is 7.11 Å². The van der Waals surface area contributed by atoms with Crippen LogP contribution in [0.1, 0.15) is 29.3 Å². The van der Waals surface area contributed by atoms with Crippen LogP contribution in [-0.4, -0.2) is 28.8 Å². The van der Waals surface area contributed by atoms with Gasteiger partial charge in [-0.15, -0.1) is 0 Å². The van der Waals surface area contributed by atoms with Gasteiger partial charge in [-0.05, 0) is 31.2 Å². The van der Waals surface area contributed by atoms with Gasteiger partial charge < -0.3 is 9.84 Å². The molecule has 0 bridgehead atoms. The number of nitrogens with zero attached hydrogens (tertiary/aromatic N) is 2. The molecule has 1 aliphatic heterocycles. The molecule has 5 nitrogen and oxygen atoms in total. The highest BCUT2D eigenvalue weighted by atomic mass is 16.5. The van der Waals surface area contributed by atoms with Crippen LogP contribution >= 0.6 is 0 Å². The average Bonchev–Trinajstić information content (AvgIpc) is 2.91. The Hall–Kier alpha value is -2.66. The maximum atomic E-state index is 12.7. The van der Waals surface area contributed by atoms with E-state index in [1.165, 1.54) is 5.01 Å². The Morgan fingerprint density at radius 2 is 1.83 bits per heavy atom. The summed E-state index contributed by atoms with van der Waals surface area (Å²) in [6.07, 6.45) is 0.276. The molecular weight excluding hydrogens is 292 g/mol. The van der Waals surface area contributed by atoms with Crippen LogP contribution < -0.4 is 4.74 Å². The molecule has 1 unspecified atom stereocenters. The van der Waals surface area contributed by atoms with Crippen molar-refractivity contribution in [1.82, 2.24) is 5.01 Å². The van der Waals surface area contributed by atoms with Gasteiger partial charge >= 0.3 is 0 Å². The van der Waals surface area contributed by atoms with Crippen LogP contribution in [0.2, 0.25) is 0 Å². The van der Waals surface area contributed by atoms with Crippen molar-refractivity contribution >= 4 is 11.6 Å². The zero-order valence-electron chi connectivity index (χ0n) is 13.1. The van der Waals surface area contributed by atoms with E-state index in [9.17, 15) is 9.90 Å². The molecular formula is C18H18N2O3. The molecule has 0 aliphatic carbocycles. The number of carbonyl (C=O) groups excluding carboxylic acids is 1. The van der Waals surface area contributed by atoms with E-state index in [2.05, 4.69) is 5.10 Å². The van der Waals surface area contributed by atoms with E-state index >= 15 is 0 Å². The van der Waals surface area contributed by atoms with Crippen molar-refractivity contribution in [3.63, 3.8) is 0 Å². The van der Waals surface area contributed by atoms with Crippen LogP contribution in [0.5, 0.6) is 5.75 Å². The second-order valence-corrected chi connectivity index (χ2v) is 5.54. The minimum Gasteiger partial charge on any atom is -0.497 e. The second kappa shape index (κ2) is 5.85. The fourth-order valence-electron chi connectivity index (χ4n) is 2.72. The van der Waals surface area contributed by atoms with Gasteiger partial charge in [0.15, 0.2) is 5.72 Å². The van der Waals surface area contributed by atoms with Gasteiger partial charge in [0.25, 0.3) is 5.91 Å². The van der Waals surface area contributed by atoms with Crippen molar-refractivity contribution < 1.29 is 14.6 Å². The third-order valence-electron chi connectivity index (χ3n) is 3.89. The summed E-state index contributed by atoms with van der Waals surface area (Å²) in [5.74, 6) is 0.356. The summed E-state index contributed by atoms with van der Waals surface area (Å²) in [7, 11) is 1.58. The SMILES string of the molecule is COc1ccc(C2(O)CC(C)=NN2C(=O)c2ccccc2)cc1. The molecule has 0 saturated heterocycles. The lowest BCUT2D eigenvalue weighted by Gasteiger charge is -2.31. The molecule has 1 heterocycles. The highest BCUT2D eigenvalue weighted by molar-refractivity contribution is 5.97. The number of ether oxygens (including phenoxy) is 1. The number of benzene rings is 2. The van der Waals surface area contributed by atoms with Crippen LogP contribution in [0.25, 0.3) is 0 Å². The molecule has 0 fully saturated rings. The summed E-state index contributed by atoms with van der Waals surface area (Å²) in [6.45, 7) is 1.80. The molecule has 1 atom stereocenters. The van der Waals surface area contributed by atoms with Crippen LogP contribution in [-0.2, 0) is 5.72 Å². The van der Waals surface area contributed by atoms with E-state index in [4.69, 9.17) is 4.74 Å². The Balaban J connectivity index is 1.98. The molecule has 0 spiro atoms. The van der Waals surface area contributed by atoms with Crippen molar-refractivity contribution in [2.24, 2.45) is 5.10 Å². The van der Waals surface area contributed by atoms with E-state index in [-0.39, 0.29) is 12.3 Å². The molecule has 1 N–H and O–H groups in total. The number of rotatable bonds is 3. The molecule has 0 aromatic heterocycles. The Bertz CT molecular complexity index is 741. The summed E-state index contributed by atoms with van der Waals surface area (Å²) in [6, 6.07) is 15.8. The maximum Gasteiger partial charge on any atom is 0.276 e. The molecule has 0 saturated carbocycles. The van der Waals surface area contributed by atoms with Gasteiger partial charge in [-0.3, -0.25) is 4.79 Å². The predicted octanol–water partition coefficient (Wildman–Crippen LogP) is 2.76. The Kier molecular flexibility index (Phi) is 3.88. The highest BCUT2D eigenvalue weighted by Gasteiger charge is 2.45. The second-order valence-electron chi connectivity index (χ2n) is 5.54. The first-order valence-corrected chi connectivity index (χ1v) is 7.35. The van der Waals surface area contributed by atoms with Crippen LogP contribution in [0.4, 0.5) is 0 Å². The first kappa shape index (κ1) is 15.2. The van der Waals surface area contributed by atoms with Gasteiger partial charge in [0, 0.05) is 23.3 Å². The van der Waals surface area contributed by atoms with E-state index in [1.807, 2.05) is 6.07 Å².